The maximum absolute atomic E-state index is 6.43. The van der Waals surface area contributed by atoms with Crippen LogP contribution in [0.15, 0.2) is 199 Å². The summed E-state index contributed by atoms with van der Waals surface area (Å²) in [4.78, 5) is 4.66. The molecule has 0 radical (unpaired) electrons. The summed E-state index contributed by atoms with van der Waals surface area (Å²) in [5.41, 5.74) is 8.17. The molecule has 0 aliphatic heterocycles. The van der Waals surface area contributed by atoms with Crippen LogP contribution >= 0.6 is 11.3 Å². The fourth-order valence-corrected chi connectivity index (χ4v) is 9.21. The first-order valence-electron chi connectivity index (χ1n) is 18.2. The molecule has 0 aliphatic rings. The Hall–Kier alpha value is -6.88. The van der Waals surface area contributed by atoms with Crippen molar-refractivity contribution in [3.05, 3.63) is 194 Å². The molecule has 2 heterocycles. The van der Waals surface area contributed by atoms with Crippen LogP contribution in [-0.2, 0) is 0 Å². The van der Waals surface area contributed by atoms with Gasteiger partial charge in [0.05, 0.1) is 0 Å². The molecular weight excluding hydrogens is 677 g/mol. The van der Waals surface area contributed by atoms with Crippen molar-refractivity contribution in [1.82, 2.24) is 0 Å². The molecular formula is C50H32N2OS. The van der Waals surface area contributed by atoms with Crippen LogP contribution in [0.25, 0.3) is 63.7 Å². The van der Waals surface area contributed by atoms with Crippen molar-refractivity contribution in [2.75, 3.05) is 9.80 Å². The highest BCUT2D eigenvalue weighted by molar-refractivity contribution is 7.25. The third-order valence-electron chi connectivity index (χ3n) is 10.6. The van der Waals surface area contributed by atoms with E-state index in [0.717, 1.165) is 56.1 Å². The van der Waals surface area contributed by atoms with Crippen LogP contribution in [0, 0.1) is 0 Å². The van der Waals surface area contributed by atoms with E-state index in [1.165, 1.54) is 41.7 Å². The minimum absolute atomic E-state index is 0.865. The van der Waals surface area contributed by atoms with E-state index in [9.17, 15) is 0 Å². The summed E-state index contributed by atoms with van der Waals surface area (Å²) < 4.78 is 9.08. The van der Waals surface area contributed by atoms with Crippen molar-refractivity contribution >= 4 is 109 Å². The lowest BCUT2D eigenvalue weighted by molar-refractivity contribution is 0.669. The van der Waals surface area contributed by atoms with Crippen molar-refractivity contribution in [2.45, 2.75) is 0 Å². The first kappa shape index (κ1) is 30.7. The second kappa shape index (κ2) is 12.4. The zero-order chi connectivity index (χ0) is 35.6. The average molecular weight is 709 g/mol. The number of para-hydroxylation sites is 3. The molecule has 9 aromatic carbocycles. The Morgan fingerprint density at radius 1 is 0.296 bits per heavy atom. The number of hydrogen-bond donors (Lipinski definition) is 0. The zero-order valence-electron chi connectivity index (χ0n) is 29.2. The topological polar surface area (TPSA) is 19.6 Å². The molecule has 3 nitrogen and oxygen atoms in total. The Morgan fingerprint density at radius 3 is 1.61 bits per heavy atom. The maximum atomic E-state index is 6.43. The van der Waals surface area contributed by atoms with Crippen LogP contribution < -0.4 is 9.80 Å². The molecule has 4 heteroatoms. The molecule has 0 spiro atoms. The first-order chi connectivity index (χ1) is 26.7. The van der Waals surface area contributed by atoms with Gasteiger partial charge in [-0.05, 0) is 113 Å². The number of nitrogens with zero attached hydrogens (tertiary/aromatic N) is 2. The lowest BCUT2D eigenvalue weighted by atomic mass is 9.99. The molecule has 0 fully saturated rings. The Morgan fingerprint density at radius 2 is 0.852 bits per heavy atom. The van der Waals surface area contributed by atoms with Crippen molar-refractivity contribution in [2.24, 2.45) is 0 Å². The maximum Gasteiger partial charge on any atom is 0.137 e. The molecule has 0 atom stereocenters. The molecule has 0 amide bonds. The first-order valence-corrected chi connectivity index (χ1v) is 19.1. The standard InChI is InChI=1S/C50H32N2OS/c1-3-12-35(13-4-1)51(36-14-5-2-6-15-36)37-16-11-17-38(30-37)52(40-25-27-43-42-18-7-9-20-47(42)53-48(43)31-40)39-24-26-41-33(28-39)22-23-34-29-46-44-19-8-10-21-49(44)54-50(46)32-45(34)41/h1-32H. The van der Waals surface area contributed by atoms with Crippen LogP contribution in [0.1, 0.15) is 0 Å². The van der Waals surface area contributed by atoms with E-state index in [-0.39, 0.29) is 0 Å². The lowest BCUT2D eigenvalue weighted by Gasteiger charge is -2.29. The fraction of sp³-hybridized carbons (Fsp3) is 0. The van der Waals surface area contributed by atoms with Gasteiger partial charge in [-0.2, -0.15) is 0 Å². The highest BCUT2D eigenvalue weighted by Crippen LogP contribution is 2.44. The third-order valence-corrected chi connectivity index (χ3v) is 11.7. The molecule has 0 saturated carbocycles. The number of fused-ring (bicyclic) bond motifs is 9. The van der Waals surface area contributed by atoms with Gasteiger partial charge in [-0.25, -0.2) is 0 Å². The molecule has 0 bridgehead atoms. The van der Waals surface area contributed by atoms with Gasteiger partial charge in [0.15, 0.2) is 0 Å². The van der Waals surface area contributed by atoms with Crippen molar-refractivity contribution in [1.29, 1.82) is 0 Å². The van der Waals surface area contributed by atoms with Gasteiger partial charge in [0.1, 0.15) is 11.2 Å². The van der Waals surface area contributed by atoms with E-state index >= 15 is 0 Å². The van der Waals surface area contributed by atoms with Crippen molar-refractivity contribution < 1.29 is 4.42 Å². The van der Waals surface area contributed by atoms with Gasteiger partial charge in [0.25, 0.3) is 0 Å². The van der Waals surface area contributed by atoms with E-state index in [4.69, 9.17) is 4.42 Å². The van der Waals surface area contributed by atoms with Crippen LogP contribution in [0.4, 0.5) is 34.1 Å². The van der Waals surface area contributed by atoms with Crippen molar-refractivity contribution in [3.63, 3.8) is 0 Å². The molecule has 54 heavy (non-hydrogen) atoms. The summed E-state index contributed by atoms with van der Waals surface area (Å²) in [5, 5.41) is 9.86. The summed E-state index contributed by atoms with van der Waals surface area (Å²) in [5.74, 6) is 0. The fourth-order valence-electron chi connectivity index (χ4n) is 8.08. The van der Waals surface area contributed by atoms with E-state index in [1.807, 2.05) is 23.5 Å². The molecule has 0 saturated heterocycles. The van der Waals surface area contributed by atoms with Gasteiger partial charge in [0.2, 0.25) is 0 Å². The molecule has 2 aromatic heterocycles. The Labute approximate surface area is 316 Å². The van der Waals surface area contributed by atoms with Gasteiger partial charge >= 0.3 is 0 Å². The number of furan rings is 1. The van der Waals surface area contributed by atoms with E-state index in [1.54, 1.807) is 0 Å². The third kappa shape index (κ3) is 5.03. The highest BCUT2D eigenvalue weighted by atomic mass is 32.1. The number of hydrogen-bond acceptors (Lipinski definition) is 4. The Bertz CT molecular complexity index is 3140. The molecule has 0 aliphatic carbocycles. The zero-order valence-corrected chi connectivity index (χ0v) is 30.0. The Balaban J connectivity index is 1.10. The second-order valence-electron chi connectivity index (χ2n) is 13.8. The summed E-state index contributed by atoms with van der Waals surface area (Å²) in [6, 6.07) is 69.7. The summed E-state index contributed by atoms with van der Waals surface area (Å²) >= 11 is 1.87. The lowest BCUT2D eigenvalue weighted by Crippen LogP contribution is -2.13. The van der Waals surface area contributed by atoms with Crippen LogP contribution in [-0.4, -0.2) is 0 Å². The molecule has 254 valence electrons. The van der Waals surface area contributed by atoms with Crippen LogP contribution in [0.3, 0.4) is 0 Å². The molecule has 0 unspecified atom stereocenters. The minimum Gasteiger partial charge on any atom is -0.456 e. The quantitative estimate of drug-likeness (QED) is 0.160. The predicted octanol–water partition coefficient (Wildman–Crippen LogP) is 15.2. The van der Waals surface area contributed by atoms with Gasteiger partial charge < -0.3 is 14.2 Å². The Kier molecular flexibility index (Phi) is 7.04. The number of anilines is 6. The van der Waals surface area contributed by atoms with E-state index < -0.39 is 0 Å². The average Bonchev–Trinajstić information content (AvgIpc) is 3.78. The SMILES string of the molecule is c1ccc(N(c2ccccc2)c2cccc(N(c3ccc4c(ccc5cc6c(cc54)sc4ccccc46)c3)c3ccc4c(c3)oc3ccccc34)c2)cc1. The van der Waals surface area contributed by atoms with Crippen LogP contribution in [0.5, 0.6) is 0 Å². The molecule has 11 rings (SSSR count). The molecule has 0 N–H and O–H groups in total. The number of thiophene rings is 1. The molecule has 11 aromatic rings. The van der Waals surface area contributed by atoms with Gasteiger partial charge in [-0.1, -0.05) is 97.1 Å². The van der Waals surface area contributed by atoms with Gasteiger partial charge in [-0.15, -0.1) is 11.3 Å². The van der Waals surface area contributed by atoms with Crippen LogP contribution in [0.2, 0.25) is 0 Å². The van der Waals surface area contributed by atoms with Gasteiger partial charge in [0, 0.05) is 71.1 Å². The van der Waals surface area contributed by atoms with Gasteiger partial charge in [-0.3, -0.25) is 0 Å². The normalized spacial score (nSPS) is 11.7. The number of rotatable bonds is 6. The number of benzene rings is 9. The highest BCUT2D eigenvalue weighted by Gasteiger charge is 2.19. The largest absolute Gasteiger partial charge is 0.456 e. The van der Waals surface area contributed by atoms with E-state index in [0.29, 0.717) is 0 Å². The summed E-state index contributed by atoms with van der Waals surface area (Å²) in [6.07, 6.45) is 0. The summed E-state index contributed by atoms with van der Waals surface area (Å²) in [6.45, 7) is 0. The second-order valence-corrected chi connectivity index (χ2v) is 14.9. The van der Waals surface area contributed by atoms with E-state index in [2.05, 4.69) is 192 Å². The summed E-state index contributed by atoms with van der Waals surface area (Å²) in [7, 11) is 0. The smallest absolute Gasteiger partial charge is 0.137 e. The minimum atomic E-state index is 0.865. The monoisotopic (exact) mass is 708 g/mol. The predicted molar refractivity (Wildman–Crippen MR) is 231 cm³/mol. The van der Waals surface area contributed by atoms with Crippen molar-refractivity contribution in [3.8, 4) is 0 Å².